The van der Waals surface area contributed by atoms with Crippen molar-refractivity contribution >= 4 is 34.1 Å². The highest BCUT2D eigenvalue weighted by molar-refractivity contribution is 5.99. The number of carbonyl (C=O) groups is 1. The lowest BCUT2D eigenvalue weighted by molar-refractivity contribution is -0.117. The summed E-state index contributed by atoms with van der Waals surface area (Å²) in [5, 5.41) is 7.55. The van der Waals surface area contributed by atoms with Gasteiger partial charge in [-0.25, -0.2) is 18.7 Å². The third-order valence-corrected chi connectivity index (χ3v) is 5.37. The fourth-order valence-electron chi connectivity index (χ4n) is 3.56. The standard InChI is InChI=1S/C22H19F2N7O/c23-14-6-2-1-4-12(14)10-31-18-13(5-3-7-15(18)24)16(30-31)21-28-19(25)17(20(26)29-21)27-22(32)11-8-9-11/h1-7,11H,8-10H2,(H,27,32)(H4,25,26,28,29). The van der Waals surface area contributed by atoms with Gasteiger partial charge in [-0.05, 0) is 25.0 Å². The largest absolute Gasteiger partial charge is 0.382 e. The number of hydrogen-bond acceptors (Lipinski definition) is 6. The second-order valence-electron chi connectivity index (χ2n) is 7.69. The van der Waals surface area contributed by atoms with Crippen LogP contribution in [-0.4, -0.2) is 25.7 Å². The van der Waals surface area contributed by atoms with E-state index in [1.54, 1.807) is 24.3 Å². The molecular formula is C22H19F2N7O. The van der Waals surface area contributed by atoms with Crippen LogP contribution in [0.5, 0.6) is 0 Å². The van der Waals surface area contributed by atoms with E-state index in [2.05, 4.69) is 20.4 Å². The summed E-state index contributed by atoms with van der Waals surface area (Å²) < 4.78 is 30.3. The third kappa shape index (κ3) is 3.49. The summed E-state index contributed by atoms with van der Waals surface area (Å²) in [6.45, 7) is 0.00456. The van der Waals surface area contributed by atoms with Crippen LogP contribution in [-0.2, 0) is 11.3 Å². The number of carbonyl (C=O) groups excluding carboxylic acids is 1. The van der Waals surface area contributed by atoms with Crippen LogP contribution in [0.3, 0.4) is 0 Å². The summed E-state index contributed by atoms with van der Waals surface area (Å²) in [4.78, 5) is 20.6. The van der Waals surface area contributed by atoms with Gasteiger partial charge in [0.15, 0.2) is 17.5 Å². The van der Waals surface area contributed by atoms with Gasteiger partial charge in [-0.1, -0.05) is 30.3 Å². The Labute approximate surface area is 181 Å². The number of amides is 1. The number of hydrogen-bond donors (Lipinski definition) is 3. The van der Waals surface area contributed by atoms with Crippen LogP contribution in [0.1, 0.15) is 18.4 Å². The van der Waals surface area contributed by atoms with Crippen molar-refractivity contribution in [1.82, 2.24) is 19.7 Å². The first-order valence-corrected chi connectivity index (χ1v) is 10.0. The van der Waals surface area contributed by atoms with Crippen molar-refractivity contribution in [2.75, 3.05) is 16.8 Å². The highest BCUT2D eigenvalue weighted by Gasteiger charge is 2.31. The molecule has 32 heavy (non-hydrogen) atoms. The van der Waals surface area contributed by atoms with Crippen LogP contribution in [0.15, 0.2) is 42.5 Å². The molecule has 2 heterocycles. The molecule has 2 aromatic carbocycles. The van der Waals surface area contributed by atoms with Gasteiger partial charge in [0.2, 0.25) is 5.91 Å². The quantitative estimate of drug-likeness (QED) is 0.442. The average Bonchev–Trinajstić information content (AvgIpc) is 3.55. The van der Waals surface area contributed by atoms with Crippen LogP contribution in [0.2, 0.25) is 0 Å². The maximum absolute atomic E-state index is 14.7. The topological polar surface area (TPSA) is 125 Å². The maximum atomic E-state index is 14.7. The molecule has 4 aromatic rings. The number of aromatic nitrogens is 4. The predicted molar refractivity (Wildman–Crippen MR) is 116 cm³/mol. The van der Waals surface area contributed by atoms with Gasteiger partial charge < -0.3 is 16.8 Å². The molecule has 1 aliphatic carbocycles. The van der Waals surface area contributed by atoms with E-state index in [-0.39, 0.29) is 52.7 Å². The zero-order chi connectivity index (χ0) is 22.4. The van der Waals surface area contributed by atoms with Crippen molar-refractivity contribution in [3.63, 3.8) is 0 Å². The van der Waals surface area contributed by atoms with Crippen LogP contribution < -0.4 is 16.8 Å². The van der Waals surface area contributed by atoms with Gasteiger partial charge in [0.25, 0.3) is 0 Å². The average molecular weight is 435 g/mol. The Morgan fingerprint density at radius 1 is 1.03 bits per heavy atom. The number of nitrogens with one attached hydrogen (secondary N) is 1. The predicted octanol–water partition coefficient (Wildman–Crippen LogP) is 3.33. The molecule has 2 aromatic heterocycles. The van der Waals surface area contributed by atoms with Gasteiger partial charge in [0.05, 0.1) is 6.54 Å². The Kier molecular flexibility index (Phi) is 4.69. The SMILES string of the molecule is Nc1nc(-c2nn(Cc3ccccc3F)c3c(F)cccc23)nc(N)c1NC(=O)C1CC1. The lowest BCUT2D eigenvalue weighted by Gasteiger charge is -2.10. The van der Waals surface area contributed by atoms with Gasteiger partial charge in [-0.15, -0.1) is 0 Å². The number of benzene rings is 2. The van der Waals surface area contributed by atoms with Crippen molar-refractivity contribution in [1.29, 1.82) is 0 Å². The highest BCUT2D eigenvalue weighted by Crippen LogP contribution is 2.34. The molecule has 5 rings (SSSR count). The molecule has 0 atom stereocenters. The number of nitrogen functional groups attached to an aromatic ring is 2. The monoisotopic (exact) mass is 435 g/mol. The fraction of sp³-hybridized carbons (Fsp3) is 0.182. The van der Waals surface area contributed by atoms with Gasteiger partial charge in [-0.3, -0.25) is 9.48 Å². The van der Waals surface area contributed by atoms with Crippen LogP contribution in [0.25, 0.3) is 22.4 Å². The van der Waals surface area contributed by atoms with E-state index in [9.17, 15) is 13.6 Å². The molecule has 10 heteroatoms. The Balaban J connectivity index is 1.59. The number of para-hydroxylation sites is 1. The highest BCUT2D eigenvalue weighted by atomic mass is 19.1. The van der Waals surface area contributed by atoms with Crippen molar-refractivity contribution in [2.45, 2.75) is 19.4 Å². The van der Waals surface area contributed by atoms with E-state index in [1.807, 2.05) is 0 Å². The number of rotatable bonds is 5. The van der Waals surface area contributed by atoms with Crippen molar-refractivity contribution in [2.24, 2.45) is 5.92 Å². The van der Waals surface area contributed by atoms with Gasteiger partial charge in [0, 0.05) is 16.9 Å². The van der Waals surface area contributed by atoms with E-state index < -0.39 is 11.6 Å². The third-order valence-electron chi connectivity index (χ3n) is 5.37. The van der Waals surface area contributed by atoms with Gasteiger partial charge >= 0.3 is 0 Å². The molecule has 0 saturated heterocycles. The summed E-state index contributed by atoms with van der Waals surface area (Å²) in [5.74, 6) is -1.13. The number of halogens is 2. The van der Waals surface area contributed by atoms with E-state index in [0.29, 0.717) is 10.9 Å². The Morgan fingerprint density at radius 2 is 1.72 bits per heavy atom. The molecule has 0 unspecified atom stereocenters. The molecule has 0 spiro atoms. The minimum atomic E-state index is -0.521. The maximum Gasteiger partial charge on any atom is 0.227 e. The van der Waals surface area contributed by atoms with E-state index in [0.717, 1.165) is 12.8 Å². The Bertz CT molecular complexity index is 1340. The lowest BCUT2D eigenvalue weighted by atomic mass is 10.2. The Morgan fingerprint density at radius 3 is 2.41 bits per heavy atom. The zero-order valence-corrected chi connectivity index (χ0v) is 16.8. The lowest BCUT2D eigenvalue weighted by Crippen LogP contribution is -2.17. The fourth-order valence-corrected chi connectivity index (χ4v) is 3.56. The smallest absolute Gasteiger partial charge is 0.227 e. The molecule has 1 saturated carbocycles. The molecule has 1 aliphatic rings. The Hall–Kier alpha value is -4.08. The molecular weight excluding hydrogens is 416 g/mol. The molecule has 5 N–H and O–H groups in total. The number of nitrogens with two attached hydrogens (primary N) is 2. The minimum absolute atomic E-state index is 0.00456. The molecule has 1 fully saturated rings. The van der Waals surface area contributed by atoms with Crippen molar-refractivity contribution in [3.8, 4) is 11.5 Å². The van der Waals surface area contributed by atoms with Crippen LogP contribution in [0, 0.1) is 17.6 Å². The van der Waals surface area contributed by atoms with E-state index in [1.165, 1.54) is 22.9 Å². The molecule has 162 valence electrons. The molecule has 0 radical (unpaired) electrons. The van der Waals surface area contributed by atoms with Crippen molar-refractivity contribution in [3.05, 3.63) is 59.7 Å². The zero-order valence-electron chi connectivity index (χ0n) is 16.8. The van der Waals surface area contributed by atoms with Gasteiger partial charge in [-0.2, -0.15) is 5.10 Å². The second-order valence-corrected chi connectivity index (χ2v) is 7.69. The molecule has 1 amide bonds. The number of nitrogens with zero attached hydrogens (tertiary/aromatic N) is 4. The first kappa shape index (κ1) is 19.9. The summed E-state index contributed by atoms with van der Waals surface area (Å²) in [7, 11) is 0. The summed E-state index contributed by atoms with van der Waals surface area (Å²) in [6, 6.07) is 10.7. The summed E-state index contributed by atoms with van der Waals surface area (Å²) in [6.07, 6.45) is 1.64. The van der Waals surface area contributed by atoms with Crippen LogP contribution in [0.4, 0.5) is 26.1 Å². The van der Waals surface area contributed by atoms with Gasteiger partial charge in [0.1, 0.15) is 28.5 Å². The van der Waals surface area contributed by atoms with E-state index in [4.69, 9.17) is 11.5 Å². The number of fused-ring (bicyclic) bond motifs is 1. The number of anilines is 3. The minimum Gasteiger partial charge on any atom is -0.382 e. The van der Waals surface area contributed by atoms with Crippen LogP contribution >= 0.6 is 0 Å². The second kappa shape index (κ2) is 7.56. The summed E-state index contributed by atoms with van der Waals surface area (Å²) >= 11 is 0. The molecule has 8 nitrogen and oxygen atoms in total. The summed E-state index contributed by atoms with van der Waals surface area (Å²) in [5.41, 5.74) is 13.0. The first-order valence-electron chi connectivity index (χ1n) is 10.0. The van der Waals surface area contributed by atoms with Crippen molar-refractivity contribution < 1.29 is 13.6 Å². The normalized spacial score (nSPS) is 13.4. The first-order chi connectivity index (χ1) is 15.4. The molecule has 0 aliphatic heterocycles. The molecule has 0 bridgehead atoms. The van der Waals surface area contributed by atoms with E-state index >= 15 is 0 Å².